The number of halogens is 1. The number of aromatic nitrogens is 4. The molecule has 3 aromatic rings. The second kappa shape index (κ2) is 7.92. The van der Waals surface area contributed by atoms with Crippen LogP contribution in [0.5, 0.6) is 0 Å². The van der Waals surface area contributed by atoms with E-state index >= 15 is 0 Å². The van der Waals surface area contributed by atoms with Crippen LogP contribution in [0, 0.1) is 0 Å². The van der Waals surface area contributed by atoms with E-state index in [2.05, 4.69) is 30.2 Å². The van der Waals surface area contributed by atoms with Crippen LogP contribution in [-0.2, 0) is 6.42 Å². The topological polar surface area (TPSA) is 86.8 Å². The number of benzene rings is 1. The van der Waals surface area contributed by atoms with Crippen molar-refractivity contribution < 1.29 is 4.79 Å². The maximum Gasteiger partial charge on any atom is 0.271 e. The number of anilines is 1. The lowest BCUT2D eigenvalue weighted by molar-refractivity contribution is 0.0948. The Morgan fingerprint density at radius 2 is 2.04 bits per heavy atom. The van der Waals surface area contributed by atoms with E-state index < -0.39 is 0 Å². The number of hydrogen-bond acceptors (Lipinski definition) is 5. The average molecular weight is 385 g/mol. The minimum Gasteiger partial charge on any atom is -0.351 e. The summed E-state index contributed by atoms with van der Waals surface area (Å²) >= 11 is 6.13. The molecule has 2 aromatic heterocycles. The van der Waals surface area contributed by atoms with E-state index in [1.54, 1.807) is 0 Å². The molecule has 8 heteroatoms. The number of aromatic amines is 1. The van der Waals surface area contributed by atoms with Gasteiger partial charge in [0.25, 0.3) is 5.91 Å². The fraction of sp³-hybridized carbons (Fsp3) is 0.368. The summed E-state index contributed by atoms with van der Waals surface area (Å²) in [5, 5.41) is 3.16. The van der Waals surface area contributed by atoms with Gasteiger partial charge in [-0.05, 0) is 31.4 Å². The van der Waals surface area contributed by atoms with E-state index in [0.29, 0.717) is 12.5 Å². The molecular formula is C19H21ClN6O. The van der Waals surface area contributed by atoms with Gasteiger partial charge in [-0.25, -0.2) is 15.0 Å². The summed E-state index contributed by atoms with van der Waals surface area (Å²) in [6.45, 7) is 2.36. The first-order valence-corrected chi connectivity index (χ1v) is 9.58. The smallest absolute Gasteiger partial charge is 0.271 e. The van der Waals surface area contributed by atoms with Gasteiger partial charge in [-0.2, -0.15) is 0 Å². The highest BCUT2D eigenvalue weighted by atomic mass is 35.5. The number of nitrogens with zero attached hydrogens (tertiary/aromatic N) is 4. The lowest BCUT2D eigenvalue weighted by Crippen LogP contribution is -2.28. The largest absolute Gasteiger partial charge is 0.351 e. The Bertz CT molecular complexity index is 917. The first-order chi connectivity index (χ1) is 13.2. The third kappa shape index (κ3) is 4.03. The molecule has 140 valence electrons. The molecule has 0 aliphatic carbocycles. The van der Waals surface area contributed by atoms with Crippen molar-refractivity contribution in [1.29, 1.82) is 0 Å². The lowest BCUT2D eigenvalue weighted by atomic mass is 10.3. The Morgan fingerprint density at radius 1 is 1.22 bits per heavy atom. The van der Waals surface area contributed by atoms with Crippen LogP contribution in [0.1, 0.15) is 35.6 Å². The Kier molecular flexibility index (Phi) is 5.20. The summed E-state index contributed by atoms with van der Waals surface area (Å²) in [4.78, 5) is 31.0. The van der Waals surface area contributed by atoms with Crippen molar-refractivity contribution in [3.63, 3.8) is 0 Å². The number of aryl methyl sites for hydroxylation is 1. The summed E-state index contributed by atoms with van der Waals surface area (Å²) in [6.07, 6.45) is 5.27. The van der Waals surface area contributed by atoms with E-state index in [1.165, 1.54) is 6.20 Å². The van der Waals surface area contributed by atoms with Crippen LogP contribution in [0.3, 0.4) is 0 Å². The van der Waals surface area contributed by atoms with Crippen molar-refractivity contribution in [2.24, 2.45) is 0 Å². The predicted molar refractivity (Wildman–Crippen MR) is 105 cm³/mol. The number of H-pyrrole nitrogens is 1. The van der Waals surface area contributed by atoms with E-state index in [0.717, 1.165) is 55.6 Å². The number of carbonyl (C=O) groups is 1. The average Bonchev–Trinajstić information content (AvgIpc) is 3.35. The summed E-state index contributed by atoms with van der Waals surface area (Å²) in [6, 6.07) is 7.93. The summed E-state index contributed by atoms with van der Waals surface area (Å²) < 4.78 is 0. The second-order valence-corrected chi connectivity index (χ2v) is 7.03. The third-order valence-electron chi connectivity index (χ3n) is 4.65. The zero-order valence-corrected chi connectivity index (χ0v) is 15.7. The number of fused-ring (bicyclic) bond motifs is 1. The van der Waals surface area contributed by atoms with Crippen LogP contribution >= 0.6 is 11.6 Å². The molecule has 3 heterocycles. The maximum absolute atomic E-state index is 12.5. The van der Waals surface area contributed by atoms with Gasteiger partial charge in [-0.1, -0.05) is 23.7 Å². The second-order valence-electron chi connectivity index (χ2n) is 6.62. The zero-order chi connectivity index (χ0) is 18.6. The van der Waals surface area contributed by atoms with Gasteiger partial charge in [0, 0.05) is 26.1 Å². The molecule has 2 N–H and O–H groups in total. The molecule has 0 saturated carbocycles. The van der Waals surface area contributed by atoms with E-state index in [1.807, 2.05) is 24.3 Å². The molecule has 0 radical (unpaired) electrons. The van der Waals surface area contributed by atoms with E-state index in [-0.39, 0.29) is 16.6 Å². The van der Waals surface area contributed by atoms with Crippen molar-refractivity contribution in [3.8, 4) is 0 Å². The van der Waals surface area contributed by atoms with E-state index in [4.69, 9.17) is 11.6 Å². The molecule has 1 amide bonds. The van der Waals surface area contributed by atoms with Crippen molar-refractivity contribution in [3.05, 3.63) is 47.0 Å². The van der Waals surface area contributed by atoms with Gasteiger partial charge >= 0.3 is 0 Å². The molecule has 0 unspecified atom stereocenters. The number of hydrogen-bond donors (Lipinski definition) is 2. The van der Waals surface area contributed by atoms with Crippen LogP contribution in [0.4, 0.5) is 5.95 Å². The van der Waals surface area contributed by atoms with Gasteiger partial charge in [0.15, 0.2) is 5.69 Å². The normalized spacial score (nSPS) is 14.0. The highest BCUT2D eigenvalue weighted by Gasteiger charge is 2.19. The minimum atomic E-state index is -0.271. The molecule has 0 bridgehead atoms. The van der Waals surface area contributed by atoms with E-state index in [9.17, 15) is 4.79 Å². The quantitative estimate of drug-likeness (QED) is 0.638. The van der Waals surface area contributed by atoms with Gasteiger partial charge in [0.05, 0.1) is 22.3 Å². The molecule has 1 aliphatic heterocycles. The molecule has 4 rings (SSSR count). The van der Waals surface area contributed by atoms with Crippen molar-refractivity contribution in [1.82, 2.24) is 25.3 Å². The summed E-state index contributed by atoms with van der Waals surface area (Å²) in [5.41, 5.74) is 2.22. The van der Waals surface area contributed by atoms with Crippen LogP contribution in [0.2, 0.25) is 5.02 Å². The highest BCUT2D eigenvalue weighted by Crippen LogP contribution is 2.19. The Labute approximate surface area is 162 Å². The third-order valence-corrected chi connectivity index (χ3v) is 4.93. The summed E-state index contributed by atoms with van der Waals surface area (Å²) in [7, 11) is 0. The molecule has 1 aliphatic rings. The Balaban J connectivity index is 1.33. The number of para-hydroxylation sites is 2. The van der Waals surface area contributed by atoms with Gasteiger partial charge in [0.2, 0.25) is 5.95 Å². The predicted octanol–water partition coefficient (Wildman–Crippen LogP) is 2.97. The van der Waals surface area contributed by atoms with Crippen LogP contribution in [0.25, 0.3) is 11.0 Å². The SMILES string of the molecule is O=C(NCCCc1nc2ccccc2[nH]1)c1nc(N2CCCC2)ncc1Cl. The monoisotopic (exact) mass is 384 g/mol. The highest BCUT2D eigenvalue weighted by molar-refractivity contribution is 6.33. The Hall–Kier alpha value is -2.67. The standard InChI is InChI=1S/C19H21ClN6O/c20-13-12-22-19(26-10-3-4-11-26)25-17(13)18(27)21-9-5-8-16-23-14-6-1-2-7-15(14)24-16/h1-2,6-7,12H,3-5,8-11H2,(H,21,27)(H,23,24). The minimum absolute atomic E-state index is 0.234. The van der Waals surface area contributed by atoms with Gasteiger partial charge in [-0.3, -0.25) is 4.79 Å². The number of imidazole rings is 1. The molecule has 0 spiro atoms. The molecule has 1 fully saturated rings. The van der Waals surface area contributed by atoms with Crippen molar-refractivity contribution in [2.45, 2.75) is 25.7 Å². The van der Waals surface area contributed by atoms with Crippen LogP contribution in [-0.4, -0.2) is 45.5 Å². The lowest BCUT2D eigenvalue weighted by Gasteiger charge is -2.15. The fourth-order valence-corrected chi connectivity index (χ4v) is 3.43. The van der Waals surface area contributed by atoms with Crippen molar-refractivity contribution >= 4 is 34.5 Å². The molecule has 1 saturated heterocycles. The van der Waals surface area contributed by atoms with Crippen molar-refractivity contribution in [2.75, 3.05) is 24.5 Å². The number of carbonyl (C=O) groups excluding carboxylic acids is 1. The molecule has 27 heavy (non-hydrogen) atoms. The number of rotatable bonds is 6. The molecule has 0 atom stereocenters. The molecule has 1 aromatic carbocycles. The number of amides is 1. The first kappa shape index (κ1) is 17.7. The van der Waals surface area contributed by atoms with Crippen LogP contribution in [0.15, 0.2) is 30.5 Å². The van der Waals surface area contributed by atoms with Gasteiger partial charge < -0.3 is 15.2 Å². The first-order valence-electron chi connectivity index (χ1n) is 9.20. The van der Waals surface area contributed by atoms with Gasteiger partial charge in [0.1, 0.15) is 5.82 Å². The van der Waals surface area contributed by atoms with Gasteiger partial charge in [-0.15, -0.1) is 0 Å². The summed E-state index contributed by atoms with van der Waals surface area (Å²) in [5.74, 6) is 1.22. The Morgan fingerprint density at radius 3 is 2.85 bits per heavy atom. The number of nitrogens with one attached hydrogen (secondary N) is 2. The van der Waals surface area contributed by atoms with Crippen LogP contribution < -0.4 is 10.2 Å². The zero-order valence-electron chi connectivity index (χ0n) is 14.9. The fourth-order valence-electron chi connectivity index (χ4n) is 3.25. The molecule has 7 nitrogen and oxygen atoms in total. The molecular weight excluding hydrogens is 364 g/mol. The maximum atomic E-state index is 12.5.